The average molecular weight is 235 g/mol. The summed E-state index contributed by atoms with van der Waals surface area (Å²) in [5.41, 5.74) is 1.52. The molecule has 1 aromatic rings. The van der Waals surface area contributed by atoms with Gasteiger partial charge < -0.3 is 5.32 Å². The van der Waals surface area contributed by atoms with Crippen molar-refractivity contribution in [2.75, 3.05) is 13.6 Å². The Labute approximate surface area is 103 Å². The Balaban J connectivity index is 2.16. The van der Waals surface area contributed by atoms with Crippen LogP contribution in [0.5, 0.6) is 0 Å². The van der Waals surface area contributed by atoms with Crippen LogP contribution < -0.4 is 5.32 Å². The number of likely N-dealkylation sites (N-methyl/N-ethyl adjacent to an activating group) is 1. The molecule has 2 rings (SSSR count). The maximum absolute atomic E-state index is 13.0. The zero-order chi connectivity index (χ0) is 12.5. The number of hydrogen-bond donors (Lipinski definition) is 1. The second-order valence-electron chi connectivity index (χ2n) is 5.73. The van der Waals surface area contributed by atoms with E-state index in [1.54, 1.807) is 12.1 Å². The van der Waals surface area contributed by atoms with Gasteiger partial charge in [0.1, 0.15) is 5.82 Å². The summed E-state index contributed by atoms with van der Waals surface area (Å²) in [6.07, 6.45) is 2.44. The van der Waals surface area contributed by atoms with Crippen molar-refractivity contribution in [3.8, 4) is 0 Å². The number of rotatable bonds is 4. The van der Waals surface area contributed by atoms with Crippen molar-refractivity contribution in [3.05, 3.63) is 35.6 Å². The normalized spacial score (nSPS) is 28.2. The Morgan fingerprint density at radius 3 is 2.35 bits per heavy atom. The maximum atomic E-state index is 13.0. The lowest BCUT2D eigenvalue weighted by Gasteiger charge is -2.50. The molecule has 0 unspecified atom stereocenters. The molecular formula is C15H22FN. The van der Waals surface area contributed by atoms with Crippen LogP contribution in [-0.2, 0) is 5.41 Å². The average Bonchev–Trinajstić information content (AvgIpc) is 2.23. The molecule has 0 amide bonds. The molecule has 1 aromatic carbocycles. The predicted molar refractivity (Wildman–Crippen MR) is 69.6 cm³/mol. The SMILES string of the molecule is CNCC1(c2ccc(F)cc2)CC(C(C)C)C1. The number of benzene rings is 1. The van der Waals surface area contributed by atoms with E-state index in [4.69, 9.17) is 0 Å². The van der Waals surface area contributed by atoms with Gasteiger partial charge in [-0.25, -0.2) is 4.39 Å². The van der Waals surface area contributed by atoms with Crippen molar-refractivity contribution in [2.45, 2.75) is 32.1 Å². The quantitative estimate of drug-likeness (QED) is 0.844. The molecule has 0 spiro atoms. The maximum Gasteiger partial charge on any atom is 0.123 e. The van der Waals surface area contributed by atoms with Crippen LogP contribution in [-0.4, -0.2) is 13.6 Å². The fourth-order valence-electron chi connectivity index (χ4n) is 3.04. The molecule has 2 heteroatoms. The molecule has 1 nitrogen and oxygen atoms in total. The first kappa shape index (κ1) is 12.6. The van der Waals surface area contributed by atoms with E-state index in [0.717, 1.165) is 18.4 Å². The summed E-state index contributed by atoms with van der Waals surface area (Å²) in [6, 6.07) is 7.05. The Morgan fingerprint density at radius 1 is 1.29 bits per heavy atom. The monoisotopic (exact) mass is 235 g/mol. The Hall–Kier alpha value is -0.890. The molecule has 1 fully saturated rings. The number of hydrogen-bond acceptors (Lipinski definition) is 1. The lowest BCUT2D eigenvalue weighted by molar-refractivity contribution is 0.0995. The topological polar surface area (TPSA) is 12.0 Å². The molecule has 0 heterocycles. The molecule has 0 bridgehead atoms. The molecule has 1 N–H and O–H groups in total. The molecule has 1 aliphatic rings. The van der Waals surface area contributed by atoms with Crippen LogP contribution in [0, 0.1) is 17.7 Å². The van der Waals surface area contributed by atoms with Crippen LogP contribution >= 0.6 is 0 Å². The summed E-state index contributed by atoms with van der Waals surface area (Å²) in [5, 5.41) is 3.29. The second kappa shape index (κ2) is 4.77. The Kier molecular flexibility index (Phi) is 3.53. The van der Waals surface area contributed by atoms with Gasteiger partial charge in [0.2, 0.25) is 0 Å². The van der Waals surface area contributed by atoms with Crippen LogP contribution in [0.1, 0.15) is 32.3 Å². The van der Waals surface area contributed by atoms with Crippen LogP contribution in [0.4, 0.5) is 4.39 Å². The lowest BCUT2D eigenvalue weighted by atomic mass is 9.56. The van der Waals surface area contributed by atoms with Crippen molar-refractivity contribution < 1.29 is 4.39 Å². The Bertz CT molecular complexity index is 363. The van der Waals surface area contributed by atoms with Gasteiger partial charge in [-0.05, 0) is 49.4 Å². The third-order valence-corrected chi connectivity index (χ3v) is 4.22. The molecular weight excluding hydrogens is 213 g/mol. The van der Waals surface area contributed by atoms with E-state index in [-0.39, 0.29) is 11.2 Å². The summed E-state index contributed by atoms with van der Waals surface area (Å²) in [7, 11) is 1.99. The van der Waals surface area contributed by atoms with E-state index in [1.807, 2.05) is 19.2 Å². The summed E-state index contributed by atoms with van der Waals surface area (Å²) < 4.78 is 13.0. The van der Waals surface area contributed by atoms with Gasteiger partial charge >= 0.3 is 0 Å². The molecule has 17 heavy (non-hydrogen) atoms. The zero-order valence-corrected chi connectivity index (χ0v) is 11.0. The molecule has 0 aliphatic heterocycles. The first-order valence-electron chi connectivity index (χ1n) is 6.48. The van der Waals surface area contributed by atoms with E-state index < -0.39 is 0 Å². The van der Waals surface area contributed by atoms with Gasteiger partial charge in [0.15, 0.2) is 0 Å². The molecule has 0 atom stereocenters. The summed E-state index contributed by atoms with van der Waals surface area (Å²) in [6.45, 7) is 5.57. The van der Waals surface area contributed by atoms with Crippen molar-refractivity contribution >= 4 is 0 Å². The van der Waals surface area contributed by atoms with E-state index in [1.165, 1.54) is 18.4 Å². The number of nitrogens with one attached hydrogen (secondary N) is 1. The predicted octanol–water partition coefficient (Wildman–Crippen LogP) is 3.35. The van der Waals surface area contributed by atoms with E-state index >= 15 is 0 Å². The summed E-state index contributed by atoms with van der Waals surface area (Å²) in [5.74, 6) is 1.42. The van der Waals surface area contributed by atoms with Gasteiger partial charge in [-0.3, -0.25) is 0 Å². The van der Waals surface area contributed by atoms with E-state index in [0.29, 0.717) is 0 Å². The van der Waals surface area contributed by atoms with Crippen LogP contribution in [0.25, 0.3) is 0 Å². The Morgan fingerprint density at radius 2 is 1.88 bits per heavy atom. The van der Waals surface area contributed by atoms with Gasteiger partial charge in [0.05, 0.1) is 0 Å². The smallest absolute Gasteiger partial charge is 0.123 e. The van der Waals surface area contributed by atoms with Gasteiger partial charge in [-0.1, -0.05) is 26.0 Å². The summed E-state index contributed by atoms with van der Waals surface area (Å²) in [4.78, 5) is 0. The second-order valence-corrected chi connectivity index (χ2v) is 5.73. The van der Waals surface area contributed by atoms with Crippen molar-refractivity contribution in [2.24, 2.45) is 11.8 Å². The molecule has 94 valence electrons. The molecule has 0 saturated heterocycles. The highest BCUT2D eigenvalue weighted by Crippen LogP contribution is 2.50. The van der Waals surface area contributed by atoms with Gasteiger partial charge in [-0.2, -0.15) is 0 Å². The minimum absolute atomic E-state index is 0.145. The van der Waals surface area contributed by atoms with Crippen molar-refractivity contribution in [1.29, 1.82) is 0 Å². The third-order valence-electron chi connectivity index (χ3n) is 4.22. The molecule has 1 saturated carbocycles. The van der Waals surface area contributed by atoms with Crippen molar-refractivity contribution in [1.82, 2.24) is 5.32 Å². The zero-order valence-electron chi connectivity index (χ0n) is 11.0. The van der Waals surface area contributed by atoms with Gasteiger partial charge in [0, 0.05) is 12.0 Å². The summed E-state index contributed by atoms with van der Waals surface area (Å²) >= 11 is 0. The fraction of sp³-hybridized carbons (Fsp3) is 0.600. The van der Waals surface area contributed by atoms with Gasteiger partial charge in [-0.15, -0.1) is 0 Å². The largest absolute Gasteiger partial charge is 0.319 e. The molecule has 0 radical (unpaired) electrons. The van der Waals surface area contributed by atoms with E-state index in [2.05, 4.69) is 19.2 Å². The van der Waals surface area contributed by atoms with Crippen LogP contribution in [0.3, 0.4) is 0 Å². The minimum atomic E-state index is -0.145. The minimum Gasteiger partial charge on any atom is -0.319 e. The standard InChI is InChI=1S/C15H22FN/c1-11(2)12-8-15(9-12,10-17-3)13-4-6-14(16)7-5-13/h4-7,11-12,17H,8-10H2,1-3H3. The third kappa shape index (κ3) is 2.37. The van der Waals surface area contributed by atoms with Crippen LogP contribution in [0.15, 0.2) is 24.3 Å². The number of halogens is 1. The van der Waals surface area contributed by atoms with Crippen LogP contribution in [0.2, 0.25) is 0 Å². The first-order valence-corrected chi connectivity index (χ1v) is 6.48. The lowest BCUT2D eigenvalue weighted by Crippen LogP contribution is -2.49. The fourth-order valence-corrected chi connectivity index (χ4v) is 3.04. The van der Waals surface area contributed by atoms with Gasteiger partial charge in [0.25, 0.3) is 0 Å². The highest BCUT2D eigenvalue weighted by molar-refractivity contribution is 5.30. The molecule has 0 aromatic heterocycles. The highest BCUT2D eigenvalue weighted by atomic mass is 19.1. The van der Waals surface area contributed by atoms with Crippen molar-refractivity contribution in [3.63, 3.8) is 0 Å². The first-order chi connectivity index (χ1) is 8.07. The molecule has 1 aliphatic carbocycles. The highest BCUT2D eigenvalue weighted by Gasteiger charge is 2.45. The van der Waals surface area contributed by atoms with E-state index in [9.17, 15) is 4.39 Å².